The lowest BCUT2D eigenvalue weighted by Crippen LogP contribution is -2.56. The molecule has 0 aromatic carbocycles. The highest BCUT2D eigenvalue weighted by atomic mass is 16.5. The number of aromatic nitrogens is 2. The Labute approximate surface area is 130 Å². The van der Waals surface area contributed by atoms with E-state index in [1.165, 1.54) is 6.42 Å². The summed E-state index contributed by atoms with van der Waals surface area (Å²) in [7, 11) is 1.73. The van der Waals surface area contributed by atoms with Crippen molar-refractivity contribution in [3.05, 3.63) is 35.8 Å². The summed E-state index contributed by atoms with van der Waals surface area (Å²) in [4.78, 5) is 16.8. The van der Waals surface area contributed by atoms with E-state index >= 15 is 0 Å². The number of imidazole rings is 1. The van der Waals surface area contributed by atoms with Crippen LogP contribution in [0.15, 0.2) is 24.5 Å². The molecular formula is C17H23N3O2. The molecule has 1 aliphatic rings. The molecule has 3 rings (SSSR count). The molecule has 0 aliphatic heterocycles. The van der Waals surface area contributed by atoms with Gasteiger partial charge in [-0.15, -0.1) is 0 Å². The molecule has 2 heterocycles. The number of aryl methyl sites for hydroxylation is 1. The van der Waals surface area contributed by atoms with Crippen molar-refractivity contribution in [3.8, 4) is 0 Å². The molecule has 5 heteroatoms. The summed E-state index contributed by atoms with van der Waals surface area (Å²) in [6.45, 7) is 4.04. The molecule has 2 aromatic rings. The zero-order chi connectivity index (χ0) is 15.7. The third kappa shape index (κ3) is 2.61. The van der Waals surface area contributed by atoms with Crippen molar-refractivity contribution in [2.45, 2.75) is 51.2 Å². The van der Waals surface area contributed by atoms with Crippen molar-refractivity contribution in [2.75, 3.05) is 7.11 Å². The van der Waals surface area contributed by atoms with Crippen LogP contribution in [0.25, 0.3) is 5.65 Å². The van der Waals surface area contributed by atoms with Crippen molar-refractivity contribution in [3.63, 3.8) is 0 Å². The average Bonchev–Trinajstić information content (AvgIpc) is 2.81. The zero-order valence-electron chi connectivity index (χ0n) is 13.4. The summed E-state index contributed by atoms with van der Waals surface area (Å²) in [5.74, 6) is -0.00289. The molecule has 1 fully saturated rings. The first-order valence-electron chi connectivity index (χ1n) is 7.82. The van der Waals surface area contributed by atoms with Gasteiger partial charge in [-0.05, 0) is 44.7 Å². The Morgan fingerprint density at radius 1 is 1.55 bits per heavy atom. The Kier molecular flexibility index (Phi) is 3.91. The fourth-order valence-electron chi connectivity index (χ4n) is 3.22. The Morgan fingerprint density at radius 2 is 2.32 bits per heavy atom. The molecule has 1 unspecified atom stereocenters. The van der Waals surface area contributed by atoms with E-state index in [9.17, 15) is 4.79 Å². The van der Waals surface area contributed by atoms with Gasteiger partial charge in [-0.3, -0.25) is 4.79 Å². The minimum atomic E-state index is -0.175. The second-order valence-electron chi connectivity index (χ2n) is 6.24. The normalized spacial score (nSPS) is 18.0. The summed E-state index contributed by atoms with van der Waals surface area (Å²) in [5.41, 5.74) is 2.63. The van der Waals surface area contributed by atoms with E-state index in [4.69, 9.17) is 4.74 Å². The van der Waals surface area contributed by atoms with Crippen molar-refractivity contribution in [1.29, 1.82) is 0 Å². The molecule has 1 atom stereocenters. The van der Waals surface area contributed by atoms with Gasteiger partial charge in [0.05, 0.1) is 23.8 Å². The molecule has 0 radical (unpaired) electrons. The standard InChI is InChI=1S/C17H23N3O2/c1-12-6-4-9-20-11-14(19-16(12)20)10-15(21)18-13(2)17(22-3)7-5-8-17/h4,6,9,11,13H,5,7-8,10H2,1-3H3,(H,18,21). The maximum atomic E-state index is 12.3. The van der Waals surface area contributed by atoms with E-state index in [2.05, 4.69) is 10.3 Å². The van der Waals surface area contributed by atoms with Gasteiger partial charge < -0.3 is 14.5 Å². The van der Waals surface area contributed by atoms with E-state index in [1.54, 1.807) is 7.11 Å². The van der Waals surface area contributed by atoms with Gasteiger partial charge in [0.15, 0.2) is 0 Å². The van der Waals surface area contributed by atoms with Crippen molar-refractivity contribution in [2.24, 2.45) is 0 Å². The second-order valence-corrected chi connectivity index (χ2v) is 6.24. The Bertz CT molecular complexity index is 683. The Balaban J connectivity index is 1.67. The van der Waals surface area contributed by atoms with Crippen LogP contribution in [0.2, 0.25) is 0 Å². The van der Waals surface area contributed by atoms with Crippen molar-refractivity contribution >= 4 is 11.6 Å². The lowest BCUT2D eigenvalue weighted by molar-refractivity contribution is -0.129. The summed E-state index contributed by atoms with van der Waals surface area (Å²) < 4.78 is 7.58. The molecule has 0 bridgehead atoms. The number of methoxy groups -OCH3 is 1. The summed E-state index contributed by atoms with van der Waals surface area (Å²) in [6.07, 6.45) is 7.36. The highest BCUT2D eigenvalue weighted by Crippen LogP contribution is 2.37. The number of fused-ring (bicyclic) bond motifs is 1. The first-order valence-corrected chi connectivity index (χ1v) is 7.82. The number of amides is 1. The van der Waals surface area contributed by atoms with Crippen LogP contribution in [0.1, 0.15) is 37.4 Å². The quantitative estimate of drug-likeness (QED) is 0.921. The smallest absolute Gasteiger partial charge is 0.226 e. The predicted molar refractivity (Wildman–Crippen MR) is 84.8 cm³/mol. The van der Waals surface area contributed by atoms with Crippen molar-refractivity contribution < 1.29 is 9.53 Å². The van der Waals surface area contributed by atoms with Crippen LogP contribution in [0.3, 0.4) is 0 Å². The highest BCUT2D eigenvalue weighted by molar-refractivity contribution is 5.78. The Hall–Kier alpha value is -1.88. The number of pyridine rings is 1. The van der Waals surface area contributed by atoms with Gasteiger partial charge in [-0.2, -0.15) is 0 Å². The molecule has 0 spiro atoms. The molecule has 1 amide bonds. The highest BCUT2D eigenvalue weighted by Gasteiger charge is 2.42. The monoisotopic (exact) mass is 301 g/mol. The maximum Gasteiger partial charge on any atom is 0.226 e. The molecule has 0 saturated heterocycles. The van der Waals surface area contributed by atoms with Gasteiger partial charge in [0.25, 0.3) is 0 Å². The third-order valence-electron chi connectivity index (χ3n) is 4.84. The lowest BCUT2D eigenvalue weighted by Gasteiger charge is -2.45. The van der Waals surface area contributed by atoms with Crippen LogP contribution in [-0.4, -0.2) is 34.0 Å². The van der Waals surface area contributed by atoms with E-state index < -0.39 is 0 Å². The average molecular weight is 301 g/mol. The molecular weight excluding hydrogens is 278 g/mol. The SMILES string of the molecule is COC1(C(C)NC(=O)Cc2cn3cccc(C)c3n2)CCC1. The molecule has 5 nitrogen and oxygen atoms in total. The van der Waals surface area contributed by atoms with Gasteiger partial charge >= 0.3 is 0 Å². The van der Waals surface area contributed by atoms with Gasteiger partial charge in [0, 0.05) is 19.5 Å². The van der Waals surface area contributed by atoms with Crippen LogP contribution in [0.5, 0.6) is 0 Å². The van der Waals surface area contributed by atoms with E-state index in [1.807, 2.05) is 42.8 Å². The molecule has 1 N–H and O–H groups in total. The van der Waals surface area contributed by atoms with Gasteiger partial charge in [-0.25, -0.2) is 4.98 Å². The number of nitrogens with one attached hydrogen (secondary N) is 1. The zero-order valence-corrected chi connectivity index (χ0v) is 13.4. The lowest BCUT2D eigenvalue weighted by atomic mass is 9.75. The fourth-order valence-corrected chi connectivity index (χ4v) is 3.22. The van der Waals surface area contributed by atoms with E-state index in [0.29, 0.717) is 6.42 Å². The predicted octanol–water partition coefficient (Wildman–Crippen LogP) is 2.26. The maximum absolute atomic E-state index is 12.3. The topological polar surface area (TPSA) is 55.6 Å². The minimum absolute atomic E-state index is 0.00289. The summed E-state index contributed by atoms with van der Waals surface area (Å²) in [5, 5.41) is 3.07. The first-order chi connectivity index (χ1) is 10.5. The van der Waals surface area contributed by atoms with Crippen molar-refractivity contribution in [1.82, 2.24) is 14.7 Å². The van der Waals surface area contributed by atoms with Crippen LogP contribution in [-0.2, 0) is 16.0 Å². The number of carbonyl (C=O) groups excluding carboxylic acids is 1. The molecule has 1 saturated carbocycles. The van der Waals surface area contributed by atoms with Crippen LogP contribution >= 0.6 is 0 Å². The van der Waals surface area contributed by atoms with Gasteiger partial charge in [0.1, 0.15) is 5.65 Å². The van der Waals surface area contributed by atoms with Crippen LogP contribution < -0.4 is 5.32 Å². The molecule has 2 aromatic heterocycles. The van der Waals surface area contributed by atoms with E-state index in [0.717, 1.165) is 29.7 Å². The Morgan fingerprint density at radius 3 is 2.91 bits per heavy atom. The third-order valence-corrected chi connectivity index (χ3v) is 4.84. The molecule has 118 valence electrons. The van der Waals surface area contributed by atoms with Gasteiger partial charge in [-0.1, -0.05) is 6.07 Å². The number of hydrogen-bond donors (Lipinski definition) is 1. The molecule has 1 aliphatic carbocycles. The largest absolute Gasteiger partial charge is 0.376 e. The number of ether oxygens (including phenoxy) is 1. The van der Waals surface area contributed by atoms with E-state index in [-0.39, 0.29) is 17.6 Å². The minimum Gasteiger partial charge on any atom is -0.376 e. The number of nitrogens with zero attached hydrogens (tertiary/aromatic N) is 2. The number of rotatable bonds is 5. The van der Waals surface area contributed by atoms with Crippen LogP contribution in [0.4, 0.5) is 0 Å². The van der Waals surface area contributed by atoms with Crippen LogP contribution in [0, 0.1) is 6.92 Å². The van der Waals surface area contributed by atoms with Gasteiger partial charge in [0.2, 0.25) is 5.91 Å². The first kappa shape index (κ1) is 15.0. The summed E-state index contributed by atoms with van der Waals surface area (Å²) >= 11 is 0. The number of carbonyl (C=O) groups is 1. The fraction of sp³-hybridized carbons (Fsp3) is 0.529. The molecule has 22 heavy (non-hydrogen) atoms. The summed E-state index contributed by atoms with van der Waals surface area (Å²) in [6, 6.07) is 4.03. The number of hydrogen-bond acceptors (Lipinski definition) is 3. The second kappa shape index (κ2) is 5.72.